The lowest BCUT2D eigenvalue weighted by molar-refractivity contribution is -0.152. The summed E-state index contributed by atoms with van der Waals surface area (Å²) in [5.74, 6) is 2.28. The zero-order valence-corrected chi connectivity index (χ0v) is 17.4. The normalized spacial score (nSPS) is 30.9. The SMILES string of the molecule is CCOc1ccccc1/C=C/C(=O)O[C@@H](C)C(=O)NC12CC3CC(CC(C3)C1)C2. The monoisotopic (exact) mass is 397 g/mol. The molecule has 1 aromatic rings. The minimum Gasteiger partial charge on any atom is -0.493 e. The van der Waals surface area contributed by atoms with Crippen molar-refractivity contribution in [2.45, 2.75) is 64.0 Å². The second kappa shape index (κ2) is 8.21. The molecular weight excluding hydrogens is 366 g/mol. The molecule has 1 aromatic carbocycles. The lowest BCUT2D eigenvalue weighted by Crippen LogP contribution is -2.61. The molecule has 0 radical (unpaired) electrons. The van der Waals surface area contributed by atoms with Crippen molar-refractivity contribution >= 4 is 18.0 Å². The number of hydrogen-bond acceptors (Lipinski definition) is 4. The van der Waals surface area contributed by atoms with E-state index in [0.29, 0.717) is 12.4 Å². The number of ether oxygens (including phenoxy) is 2. The average molecular weight is 398 g/mol. The first-order chi connectivity index (χ1) is 14.0. The molecule has 0 saturated heterocycles. The largest absolute Gasteiger partial charge is 0.493 e. The van der Waals surface area contributed by atoms with E-state index in [0.717, 1.165) is 42.6 Å². The Hall–Kier alpha value is -2.30. The molecule has 4 aliphatic rings. The van der Waals surface area contributed by atoms with E-state index in [9.17, 15) is 9.59 Å². The van der Waals surface area contributed by atoms with Crippen LogP contribution in [-0.4, -0.2) is 30.1 Å². The van der Waals surface area contributed by atoms with Crippen LogP contribution in [0.2, 0.25) is 0 Å². The first-order valence-electron chi connectivity index (χ1n) is 10.9. The summed E-state index contributed by atoms with van der Waals surface area (Å²) in [7, 11) is 0. The molecule has 5 rings (SSSR count). The number of amides is 1. The van der Waals surface area contributed by atoms with Crippen molar-refractivity contribution in [1.82, 2.24) is 5.32 Å². The van der Waals surface area contributed by atoms with E-state index in [1.54, 1.807) is 13.0 Å². The molecule has 0 heterocycles. The molecule has 0 aliphatic heterocycles. The number of carbonyl (C=O) groups is 2. The van der Waals surface area contributed by atoms with Crippen molar-refractivity contribution in [3.63, 3.8) is 0 Å². The zero-order valence-electron chi connectivity index (χ0n) is 17.4. The van der Waals surface area contributed by atoms with Gasteiger partial charge in [0.25, 0.3) is 5.91 Å². The van der Waals surface area contributed by atoms with Gasteiger partial charge in [0.05, 0.1) is 6.61 Å². The standard InChI is InChI=1S/C24H31NO4/c1-3-28-21-7-5-4-6-20(21)8-9-22(26)29-16(2)23(27)25-24-13-17-10-18(14-24)12-19(11-17)15-24/h4-9,16-19H,3,10-15H2,1-2H3,(H,25,27)/b9-8+/t16-,17?,18?,19?,24?/m0/s1. The summed E-state index contributed by atoms with van der Waals surface area (Å²) in [5, 5.41) is 3.27. The Morgan fingerprint density at radius 3 is 2.38 bits per heavy atom. The van der Waals surface area contributed by atoms with Gasteiger partial charge in [0.1, 0.15) is 5.75 Å². The van der Waals surface area contributed by atoms with Crippen LogP contribution in [0.15, 0.2) is 30.3 Å². The third-order valence-electron chi connectivity index (χ3n) is 6.71. The molecule has 0 aromatic heterocycles. The maximum Gasteiger partial charge on any atom is 0.331 e. The van der Waals surface area contributed by atoms with Crippen LogP contribution in [-0.2, 0) is 14.3 Å². The fraction of sp³-hybridized carbons (Fsp3) is 0.583. The van der Waals surface area contributed by atoms with Gasteiger partial charge < -0.3 is 14.8 Å². The van der Waals surface area contributed by atoms with E-state index >= 15 is 0 Å². The van der Waals surface area contributed by atoms with Crippen molar-refractivity contribution in [1.29, 1.82) is 0 Å². The topological polar surface area (TPSA) is 64.6 Å². The van der Waals surface area contributed by atoms with Gasteiger partial charge in [-0.15, -0.1) is 0 Å². The van der Waals surface area contributed by atoms with E-state index in [1.165, 1.54) is 25.3 Å². The third kappa shape index (κ3) is 4.49. The van der Waals surface area contributed by atoms with Crippen LogP contribution in [0.1, 0.15) is 57.9 Å². The predicted molar refractivity (Wildman–Crippen MR) is 111 cm³/mol. The van der Waals surface area contributed by atoms with Gasteiger partial charge in [-0.1, -0.05) is 18.2 Å². The van der Waals surface area contributed by atoms with Gasteiger partial charge in [-0.05, 0) is 82.3 Å². The number of para-hydroxylation sites is 1. The highest BCUT2D eigenvalue weighted by Crippen LogP contribution is 2.55. The van der Waals surface area contributed by atoms with E-state index in [-0.39, 0.29) is 11.4 Å². The number of rotatable bonds is 7. The lowest BCUT2D eigenvalue weighted by Gasteiger charge is -2.57. The van der Waals surface area contributed by atoms with Gasteiger partial charge in [0, 0.05) is 17.2 Å². The van der Waals surface area contributed by atoms with Crippen LogP contribution >= 0.6 is 0 Å². The number of carbonyl (C=O) groups excluding carboxylic acids is 2. The summed E-state index contributed by atoms with van der Waals surface area (Å²) in [4.78, 5) is 25.0. The van der Waals surface area contributed by atoms with E-state index in [1.807, 2.05) is 31.2 Å². The predicted octanol–water partition coefficient (Wildman–Crippen LogP) is 4.12. The second-order valence-corrected chi connectivity index (χ2v) is 9.07. The summed E-state index contributed by atoms with van der Waals surface area (Å²) < 4.78 is 10.9. The maximum atomic E-state index is 12.7. The highest BCUT2D eigenvalue weighted by molar-refractivity contribution is 5.90. The lowest BCUT2D eigenvalue weighted by atomic mass is 9.53. The summed E-state index contributed by atoms with van der Waals surface area (Å²) in [6.45, 7) is 4.12. The molecule has 4 fully saturated rings. The number of benzene rings is 1. The molecule has 156 valence electrons. The fourth-order valence-corrected chi connectivity index (χ4v) is 5.96. The van der Waals surface area contributed by atoms with Crippen LogP contribution in [0.5, 0.6) is 5.75 Å². The molecule has 29 heavy (non-hydrogen) atoms. The molecule has 1 atom stereocenters. The Kier molecular flexibility index (Phi) is 5.66. The van der Waals surface area contributed by atoms with Crippen molar-refractivity contribution in [2.24, 2.45) is 17.8 Å². The Labute approximate surface area is 172 Å². The van der Waals surface area contributed by atoms with E-state index < -0.39 is 12.1 Å². The van der Waals surface area contributed by atoms with Gasteiger partial charge in [0.2, 0.25) is 0 Å². The van der Waals surface area contributed by atoms with E-state index in [2.05, 4.69) is 5.32 Å². The van der Waals surface area contributed by atoms with Gasteiger partial charge >= 0.3 is 5.97 Å². The van der Waals surface area contributed by atoms with Gasteiger partial charge in [-0.25, -0.2) is 4.79 Å². The van der Waals surface area contributed by atoms with Crippen molar-refractivity contribution in [3.05, 3.63) is 35.9 Å². The number of esters is 1. The second-order valence-electron chi connectivity index (χ2n) is 9.07. The molecule has 0 spiro atoms. The Balaban J connectivity index is 1.33. The van der Waals surface area contributed by atoms with Gasteiger partial charge in [-0.2, -0.15) is 0 Å². The molecule has 4 aliphatic carbocycles. The Bertz CT molecular complexity index is 765. The smallest absolute Gasteiger partial charge is 0.331 e. The number of hydrogen-bond donors (Lipinski definition) is 1. The van der Waals surface area contributed by atoms with Crippen LogP contribution in [0.4, 0.5) is 0 Å². The summed E-state index contributed by atoms with van der Waals surface area (Å²) >= 11 is 0. The van der Waals surface area contributed by atoms with Crippen molar-refractivity contribution in [3.8, 4) is 5.75 Å². The molecule has 1 N–H and O–H groups in total. The first-order valence-corrected chi connectivity index (χ1v) is 10.9. The highest BCUT2D eigenvalue weighted by atomic mass is 16.5. The van der Waals surface area contributed by atoms with Crippen molar-refractivity contribution in [2.75, 3.05) is 6.61 Å². The molecule has 1 amide bonds. The zero-order chi connectivity index (χ0) is 20.4. The Morgan fingerprint density at radius 2 is 1.76 bits per heavy atom. The van der Waals surface area contributed by atoms with Gasteiger partial charge in [0.15, 0.2) is 6.10 Å². The first kappa shape index (κ1) is 20.0. The summed E-state index contributed by atoms with van der Waals surface area (Å²) in [6.07, 6.45) is 9.44. The molecule has 0 unspecified atom stereocenters. The van der Waals surface area contributed by atoms with Gasteiger partial charge in [-0.3, -0.25) is 4.79 Å². The molecule has 4 saturated carbocycles. The summed E-state index contributed by atoms with van der Waals surface area (Å²) in [6, 6.07) is 7.50. The highest BCUT2D eigenvalue weighted by Gasteiger charge is 2.51. The molecule has 5 heteroatoms. The van der Waals surface area contributed by atoms with Crippen LogP contribution in [0.25, 0.3) is 6.08 Å². The minimum absolute atomic E-state index is 0.0707. The van der Waals surface area contributed by atoms with Crippen LogP contribution in [0, 0.1) is 17.8 Å². The average Bonchev–Trinajstić information content (AvgIpc) is 2.66. The number of nitrogens with one attached hydrogen (secondary N) is 1. The fourth-order valence-electron chi connectivity index (χ4n) is 5.96. The van der Waals surface area contributed by atoms with Crippen molar-refractivity contribution < 1.29 is 19.1 Å². The molecule has 5 nitrogen and oxygen atoms in total. The maximum absolute atomic E-state index is 12.7. The van der Waals surface area contributed by atoms with Crippen LogP contribution in [0.3, 0.4) is 0 Å². The van der Waals surface area contributed by atoms with E-state index in [4.69, 9.17) is 9.47 Å². The Morgan fingerprint density at radius 1 is 1.14 bits per heavy atom. The third-order valence-corrected chi connectivity index (χ3v) is 6.71. The summed E-state index contributed by atoms with van der Waals surface area (Å²) in [5.41, 5.74) is 0.732. The molecular formula is C24H31NO4. The molecule has 4 bridgehead atoms. The van der Waals surface area contributed by atoms with Crippen LogP contribution < -0.4 is 10.1 Å². The quantitative estimate of drug-likeness (QED) is 0.555. The minimum atomic E-state index is -0.803.